The van der Waals surface area contributed by atoms with Gasteiger partial charge in [0.2, 0.25) is 0 Å². The van der Waals surface area contributed by atoms with Crippen molar-refractivity contribution in [2.24, 2.45) is 5.92 Å². The van der Waals surface area contributed by atoms with Crippen LogP contribution in [0.15, 0.2) is 0 Å². The minimum Gasteiger partial charge on any atom is -0.431 e. The average Bonchev–Trinajstić information content (AvgIpc) is 2.12. The molecule has 0 aliphatic heterocycles. The van der Waals surface area contributed by atoms with Crippen molar-refractivity contribution in [1.29, 1.82) is 0 Å². The van der Waals surface area contributed by atoms with E-state index in [-0.39, 0.29) is 5.04 Å². The van der Waals surface area contributed by atoms with Crippen molar-refractivity contribution in [3.8, 4) is 12.3 Å². The summed E-state index contributed by atoms with van der Waals surface area (Å²) in [5.74, 6) is 3.33. The lowest BCUT2D eigenvalue weighted by molar-refractivity contribution is 0.418. The molecule has 1 nitrogen and oxygen atoms in total. The lowest BCUT2D eigenvalue weighted by atomic mass is 10.0. The molecular weight excluding hydrogens is 212 g/mol. The summed E-state index contributed by atoms with van der Waals surface area (Å²) in [5.41, 5.74) is 0. The summed E-state index contributed by atoms with van der Waals surface area (Å²) in [7, 11) is -2.12. The maximum Gasteiger partial charge on any atom is 0.191 e. The Kier molecular flexibility index (Phi) is 6.36. The van der Waals surface area contributed by atoms with E-state index < -0.39 is 8.32 Å². The molecule has 1 N–H and O–H groups in total. The topological polar surface area (TPSA) is 20.2 Å². The van der Waals surface area contributed by atoms with Gasteiger partial charge in [0.25, 0.3) is 0 Å². The first-order chi connectivity index (χ1) is 7.24. The zero-order valence-corrected chi connectivity index (χ0v) is 12.6. The van der Waals surface area contributed by atoms with Crippen molar-refractivity contribution in [3.63, 3.8) is 0 Å². The molecule has 0 bridgehead atoms. The molecule has 0 saturated carbocycles. The molecule has 2 unspecified atom stereocenters. The molecule has 0 amide bonds. The van der Waals surface area contributed by atoms with Crippen molar-refractivity contribution in [3.05, 3.63) is 0 Å². The first kappa shape index (κ1) is 15.7. The van der Waals surface area contributed by atoms with Crippen molar-refractivity contribution in [1.82, 2.24) is 0 Å². The highest BCUT2D eigenvalue weighted by Crippen LogP contribution is 2.40. The van der Waals surface area contributed by atoms with Crippen LogP contribution in [0.5, 0.6) is 0 Å². The Morgan fingerprint density at radius 3 is 2.25 bits per heavy atom. The third-order valence-electron chi connectivity index (χ3n) is 3.70. The molecule has 0 aromatic carbocycles. The maximum atomic E-state index is 10.6. The lowest BCUT2D eigenvalue weighted by Gasteiger charge is -2.37. The zero-order chi connectivity index (χ0) is 12.8. The van der Waals surface area contributed by atoms with Crippen LogP contribution in [0.25, 0.3) is 0 Å². The molecule has 0 heterocycles. The summed E-state index contributed by atoms with van der Waals surface area (Å²) in [6.45, 7) is 10.8. The van der Waals surface area contributed by atoms with Gasteiger partial charge in [-0.25, -0.2) is 0 Å². The maximum absolute atomic E-state index is 10.6. The lowest BCUT2D eigenvalue weighted by Crippen LogP contribution is -2.42. The molecule has 0 radical (unpaired) electrons. The Hall–Kier alpha value is -0.263. The molecule has 0 aliphatic rings. The monoisotopic (exact) mass is 240 g/mol. The van der Waals surface area contributed by atoms with Crippen LogP contribution in [0.1, 0.15) is 53.4 Å². The van der Waals surface area contributed by atoms with E-state index in [0.717, 1.165) is 18.9 Å². The Morgan fingerprint density at radius 2 is 1.88 bits per heavy atom. The van der Waals surface area contributed by atoms with Crippen LogP contribution >= 0.6 is 0 Å². The Morgan fingerprint density at radius 1 is 1.31 bits per heavy atom. The van der Waals surface area contributed by atoms with Gasteiger partial charge in [0.1, 0.15) is 0 Å². The van der Waals surface area contributed by atoms with Gasteiger partial charge in [0.15, 0.2) is 8.32 Å². The van der Waals surface area contributed by atoms with Gasteiger partial charge in [0.05, 0.1) is 0 Å². The van der Waals surface area contributed by atoms with Crippen molar-refractivity contribution < 1.29 is 4.80 Å². The smallest absolute Gasteiger partial charge is 0.191 e. The van der Waals surface area contributed by atoms with Gasteiger partial charge < -0.3 is 4.80 Å². The Balaban J connectivity index is 4.43. The first-order valence-corrected chi connectivity index (χ1v) is 9.06. The predicted molar refractivity (Wildman–Crippen MR) is 74.8 cm³/mol. The van der Waals surface area contributed by atoms with Gasteiger partial charge in [-0.05, 0) is 30.0 Å². The third kappa shape index (κ3) is 5.18. The molecule has 0 aromatic rings. The van der Waals surface area contributed by atoms with Gasteiger partial charge >= 0.3 is 0 Å². The van der Waals surface area contributed by atoms with Crippen molar-refractivity contribution in [2.45, 2.75) is 71.0 Å². The molecule has 0 saturated heterocycles. The number of rotatable bonds is 6. The third-order valence-corrected chi connectivity index (χ3v) is 8.30. The zero-order valence-electron chi connectivity index (χ0n) is 11.6. The molecule has 0 aliphatic carbocycles. The van der Waals surface area contributed by atoms with E-state index in [2.05, 4.69) is 40.2 Å². The second-order valence-electron chi connectivity index (χ2n) is 6.13. The molecule has 0 aromatic heterocycles. The highest BCUT2D eigenvalue weighted by molar-refractivity contribution is 6.74. The highest BCUT2D eigenvalue weighted by Gasteiger charge is 2.40. The fraction of sp³-hybridized carbons (Fsp3) is 0.857. The predicted octanol–water partition coefficient (Wildman–Crippen LogP) is 4.18. The van der Waals surface area contributed by atoms with Gasteiger partial charge in [-0.15, -0.1) is 12.3 Å². The van der Waals surface area contributed by atoms with Crippen molar-refractivity contribution in [2.75, 3.05) is 0 Å². The second kappa shape index (κ2) is 6.47. The van der Waals surface area contributed by atoms with Crippen LogP contribution in [-0.4, -0.2) is 13.1 Å². The van der Waals surface area contributed by atoms with Crippen LogP contribution in [-0.2, 0) is 0 Å². The molecule has 16 heavy (non-hydrogen) atoms. The van der Waals surface area contributed by atoms with Crippen LogP contribution < -0.4 is 0 Å². The fourth-order valence-electron chi connectivity index (χ4n) is 1.91. The van der Waals surface area contributed by atoms with Crippen LogP contribution in [0.3, 0.4) is 0 Å². The summed E-state index contributed by atoms with van der Waals surface area (Å²) in [4.78, 5) is 10.6. The molecule has 2 atom stereocenters. The second-order valence-corrected chi connectivity index (χ2v) is 10.6. The largest absolute Gasteiger partial charge is 0.431 e. The summed E-state index contributed by atoms with van der Waals surface area (Å²) in [5, 5.41) is 0.0646. The molecule has 0 spiro atoms. The van der Waals surface area contributed by atoms with E-state index in [9.17, 15) is 4.80 Å². The van der Waals surface area contributed by atoms with Gasteiger partial charge in [-0.3, -0.25) is 0 Å². The van der Waals surface area contributed by atoms with E-state index in [1.165, 1.54) is 12.8 Å². The molecular formula is C14H28OSi. The number of terminal acetylenes is 1. The van der Waals surface area contributed by atoms with E-state index in [1.54, 1.807) is 0 Å². The van der Waals surface area contributed by atoms with Crippen LogP contribution in [0.2, 0.25) is 17.6 Å². The van der Waals surface area contributed by atoms with E-state index in [4.69, 9.17) is 6.42 Å². The summed E-state index contributed by atoms with van der Waals surface area (Å²) >= 11 is 0. The molecule has 0 rings (SSSR count). The minimum atomic E-state index is -2.12. The highest BCUT2D eigenvalue weighted by atomic mass is 28.4. The standard InChI is InChI=1S/C14H28OSi/c1-7-9-11-13(10-8-2)12-16(6,15)14(3,4)5/h1,13,15H,8-12H2,2-6H3. The molecule has 94 valence electrons. The average molecular weight is 240 g/mol. The number of hydrogen-bond donors (Lipinski definition) is 1. The minimum absolute atomic E-state index is 0.0646. The molecule has 2 heteroatoms. The van der Waals surface area contributed by atoms with Gasteiger partial charge in [0, 0.05) is 6.42 Å². The SMILES string of the molecule is C#CCCC(CCC)C[Si](C)(O)C(C)(C)C. The Labute approximate surface area is 103 Å². The Bertz CT molecular complexity index is 232. The first-order valence-electron chi connectivity index (χ1n) is 6.40. The van der Waals surface area contributed by atoms with Gasteiger partial charge in [-0.2, -0.15) is 0 Å². The van der Waals surface area contributed by atoms with Crippen LogP contribution in [0, 0.1) is 18.3 Å². The summed E-state index contributed by atoms with van der Waals surface area (Å²) in [6, 6.07) is 0.992. The van der Waals surface area contributed by atoms with Crippen molar-refractivity contribution >= 4 is 8.32 Å². The van der Waals surface area contributed by atoms with E-state index >= 15 is 0 Å². The van der Waals surface area contributed by atoms with Crippen LogP contribution in [0.4, 0.5) is 0 Å². The normalized spacial score (nSPS) is 17.6. The quantitative estimate of drug-likeness (QED) is 0.545. The number of hydrogen-bond acceptors (Lipinski definition) is 1. The molecule has 0 fully saturated rings. The van der Waals surface area contributed by atoms with Gasteiger partial charge in [-0.1, -0.05) is 40.5 Å². The summed E-state index contributed by atoms with van der Waals surface area (Å²) < 4.78 is 0. The van der Waals surface area contributed by atoms with E-state index in [0.29, 0.717) is 5.92 Å². The fourth-order valence-corrected chi connectivity index (χ4v) is 4.06. The van der Waals surface area contributed by atoms with E-state index in [1.807, 2.05) is 0 Å². The summed E-state index contributed by atoms with van der Waals surface area (Å²) in [6.07, 6.45) is 9.62.